The minimum atomic E-state index is -0.0345. The fraction of sp³-hybridized carbons (Fsp3) is 0.636. The normalized spacial score (nSPS) is 21.1. The van der Waals surface area contributed by atoms with Gasteiger partial charge in [-0.25, -0.2) is 9.97 Å². The highest BCUT2D eigenvalue weighted by Crippen LogP contribution is 2.38. The Kier molecular flexibility index (Phi) is 5.67. The zero-order valence-electron chi connectivity index (χ0n) is 17.9. The van der Waals surface area contributed by atoms with Gasteiger partial charge in [-0.15, -0.1) is 0 Å². The van der Waals surface area contributed by atoms with Crippen molar-refractivity contribution in [3.05, 3.63) is 29.0 Å². The Balaban J connectivity index is 1.59. The molecule has 2 aliphatic rings. The van der Waals surface area contributed by atoms with Gasteiger partial charge in [0.1, 0.15) is 5.82 Å². The lowest BCUT2D eigenvalue weighted by molar-refractivity contribution is -0.133. The van der Waals surface area contributed by atoms with Gasteiger partial charge in [0.05, 0.1) is 29.5 Å². The molecule has 2 fully saturated rings. The summed E-state index contributed by atoms with van der Waals surface area (Å²) >= 11 is 0. The number of piperidine rings is 1. The molecule has 29 heavy (non-hydrogen) atoms. The van der Waals surface area contributed by atoms with Crippen molar-refractivity contribution in [3.8, 4) is 11.3 Å². The van der Waals surface area contributed by atoms with E-state index in [1.54, 1.807) is 0 Å². The molecule has 2 aromatic heterocycles. The number of aromatic nitrogens is 3. The predicted molar refractivity (Wildman–Crippen MR) is 110 cm³/mol. The molecule has 2 aromatic rings. The maximum Gasteiger partial charge on any atom is 0.237 e. The summed E-state index contributed by atoms with van der Waals surface area (Å²) in [6.45, 7) is 11.4. The van der Waals surface area contributed by atoms with Crippen molar-refractivity contribution in [1.82, 2.24) is 24.9 Å². The Labute approximate surface area is 172 Å². The summed E-state index contributed by atoms with van der Waals surface area (Å²) in [5.74, 6) is 2.39. The third kappa shape index (κ3) is 4.06. The van der Waals surface area contributed by atoms with Crippen LogP contribution in [0.2, 0.25) is 0 Å². The Morgan fingerprint density at radius 2 is 1.93 bits per heavy atom. The highest BCUT2D eigenvalue weighted by atomic mass is 16.5. The van der Waals surface area contributed by atoms with Crippen LogP contribution in [-0.4, -0.2) is 57.0 Å². The molecule has 2 aliphatic heterocycles. The van der Waals surface area contributed by atoms with Gasteiger partial charge >= 0.3 is 0 Å². The van der Waals surface area contributed by atoms with E-state index in [1.807, 2.05) is 31.9 Å². The number of carbonyl (C=O) groups is 1. The van der Waals surface area contributed by atoms with E-state index in [4.69, 9.17) is 9.51 Å². The van der Waals surface area contributed by atoms with Crippen LogP contribution in [0.1, 0.15) is 61.4 Å². The number of carbonyl (C=O) groups excluding carboxylic acids is 1. The minimum Gasteiger partial charge on any atom is -0.356 e. The number of amides is 1. The monoisotopic (exact) mass is 397 g/mol. The first-order valence-electron chi connectivity index (χ1n) is 10.7. The van der Waals surface area contributed by atoms with Crippen molar-refractivity contribution in [2.45, 2.75) is 59.4 Å². The van der Waals surface area contributed by atoms with Crippen molar-refractivity contribution in [3.63, 3.8) is 0 Å². The summed E-state index contributed by atoms with van der Waals surface area (Å²) in [6.07, 6.45) is 6.08. The summed E-state index contributed by atoms with van der Waals surface area (Å²) < 4.78 is 5.61. The molecule has 0 bridgehead atoms. The van der Waals surface area contributed by atoms with Crippen LogP contribution in [-0.2, 0) is 4.79 Å². The lowest BCUT2D eigenvalue weighted by Crippen LogP contribution is -2.43. The standard InChI is InChI=1S/C22H31N5O2/c1-14-7-10-26(11-8-14)13-20(28)27-9-5-6-19(27)21-18(12-23-17(4)24-21)22-15(2)16(3)25-29-22/h12,14,19H,5-11,13H2,1-4H3/t19-/m0/s1. The molecule has 0 aliphatic carbocycles. The third-order valence-corrected chi connectivity index (χ3v) is 6.46. The van der Waals surface area contributed by atoms with Crippen LogP contribution < -0.4 is 0 Å². The van der Waals surface area contributed by atoms with Crippen LogP contribution in [0.3, 0.4) is 0 Å². The second kappa shape index (κ2) is 8.22. The number of nitrogens with zero attached hydrogens (tertiary/aromatic N) is 5. The Morgan fingerprint density at radius 1 is 1.17 bits per heavy atom. The molecule has 4 rings (SSSR count). The van der Waals surface area contributed by atoms with Crippen LogP contribution >= 0.6 is 0 Å². The summed E-state index contributed by atoms with van der Waals surface area (Å²) in [6, 6.07) is -0.0345. The van der Waals surface area contributed by atoms with Crippen LogP contribution in [0.15, 0.2) is 10.7 Å². The second-order valence-corrected chi connectivity index (χ2v) is 8.64. The molecule has 1 amide bonds. The van der Waals surface area contributed by atoms with Crippen molar-refractivity contribution in [2.24, 2.45) is 5.92 Å². The SMILES string of the molecule is Cc1ncc(-c2onc(C)c2C)c([C@@H]2CCCN2C(=O)CN2CCC(C)CC2)n1. The Bertz CT molecular complexity index is 885. The van der Waals surface area contributed by atoms with Gasteiger partial charge in [0.15, 0.2) is 5.76 Å². The van der Waals surface area contributed by atoms with E-state index in [2.05, 4.69) is 22.0 Å². The molecule has 4 heterocycles. The quantitative estimate of drug-likeness (QED) is 0.787. The van der Waals surface area contributed by atoms with E-state index in [0.717, 1.165) is 60.9 Å². The molecular weight excluding hydrogens is 366 g/mol. The minimum absolute atomic E-state index is 0.0345. The summed E-state index contributed by atoms with van der Waals surface area (Å²) in [7, 11) is 0. The van der Waals surface area contributed by atoms with E-state index < -0.39 is 0 Å². The first kappa shape index (κ1) is 20.0. The zero-order chi connectivity index (χ0) is 20.5. The van der Waals surface area contributed by atoms with Gasteiger partial charge < -0.3 is 9.42 Å². The summed E-state index contributed by atoms with van der Waals surface area (Å²) in [5.41, 5.74) is 3.60. The first-order chi connectivity index (χ1) is 13.9. The number of aryl methyl sites for hydroxylation is 2. The number of likely N-dealkylation sites (tertiary alicyclic amines) is 2. The fourth-order valence-corrected chi connectivity index (χ4v) is 4.43. The van der Waals surface area contributed by atoms with E-state index in [0.29, 0.717) is 18.1 Å². The van der Waals surface area contributed by atoms with Crippen molar-refractivity contribution >= 4 is 5.91 Å². The third-order valence-electron chi connectivity index (χ3n) is 6.46. The van der Waals surface area contributed by atoms with Crippen molar-refractivity contribution in [1.29, 1.82) is 0 Å². The molecule has 7 heteroatoms. The molecule has 156 valence electrons. The number of hydrogen-bond donors (Lipinski definition) is 0. The van der Waals surface area contributed by atoms with Crippen LogP contribution in [0, 0.1) is 26.7 Å². The Morgan fingerprint density at radius 3 is 2.62 bits per heavy atom. The van der Waals surface area contributed by atoms with Gasteiger partial charge in [-0.3, -0.25) is 9.69 Å². The van der Waals surface area contributed by atoms with Gasteiger partial charge in [-0.1, -0.05) is 12.1 Å². The van der Waals surface area contributed by atoms with E-state index >= 15 is 0 Å². The van der Waals surface area contributed by atoms with Gasteiger partial charge in [0.25, 0.3) is 0 Å². The van der Waals surface area contributed by atoms with E-state index in [9.17, 15) is 4.79 Å². The summed E-state index contributed by atoms with van der Waals surface area (Å²) in [4.78, 5) is 26.7. The van der Waals surface area contributed by atoms with Gasteiger partial charge in [-0.05, 0) is 65.5 Å². The Hall–Kier alpha value is -2.28. The molecule has 7 nitrogen and oxygen atoms in total. The van der Waals surface area contributed by atoms with Crippen LogP contribution in [0.5, 0.6) is 0 Å². The molecule has 2 saturated heterocycles. The van der Waals surface area contributed by atoms with Gasteiger partial charge in [0.2, 0.25) is 5.91 Å². The van der Waals surface area contributed by atoms with Gasteiger partial charge in [0, 0.05) is 18.3 Å². The lowest BCUT2D eigenvalue weighted by Gasteiger charge is -2.32. The summed E-state index contributed by atoms with van der Waals surface area (Å²) in [5, 5.41) is 4.10. The molecule has 1 atom stereocenters. The molecular formula is C22H31N5O2. The predicted octanol–water partition coefficient (Wildman–Crippen LogP) is 3.45. The van der Waals surface area contributed by atoms with E-state index in [-0.39, 0.29) is 11.9 Å². The van der Waals surface area contributed by atoms with Crippen LogP contribution in [0.4, 0.5) is 0 Å². The van der Waals surface area contributed by atoms with Crippen molar-refractivity contribution < 1.29 is 9.32 Å². The molecule has 0 N–H and O–H groups in total. The number of rotatable bonds is 4. The molecule has 0 saturated carbocycles. The average molecular weight is 398 g/mol. The number of hydrogen-bond acceptors (Lipinski definition) is 6. The smallest absolute Gasteiger partial charge is 0.237 e. The lowest BCUT2D eigenvalue weighted by atomic mass is 9.99. The maximum atomic E-state index is 13.2. The molecule has 0 spiro atoms. The highest BCUT2D eigenvalue weighted by Gasteiger charge is 2.35. The fourth-order valence-electron chi connectivity index (χ4n) is 4.43. The average Bonchev–Trinajstić information content (AvgIpc) is 3.31. The largest absolute Gasteiger partial charge is 0.356 e. The second-order valence-electron chi connectivity index (χ2n) is 8.64. The van der Waals surface area contributed by atoms with Gasteiger partial charge in [-0.2, -0.15) is 0 Å². The topological polar surface area (TPSA) is 75.4 Å². The van der Waals surface area contributed by atoms with Crippen LogP contribution in [0.25, 0.3) is 11.3 Å². The molecule has 0 unspecified atom stereocenters. The van der Waals surface area contributed by atoms with E-state index in [1.165, 1.54) is 12.8 Å². The van der Waals surface area contributed by atoms with Crippen molar-refractivity contribution in [2.75, 3.05) is 26.2 Å². The maximum absolute atomic E-state index is 13.2. The highest BCUT2D eigenvalue weighted by molar-refractivity contribution is 5.79. The molecule has 0 aromatic carbocycles. The first-order valence-corrected chi connectivity index (χ1v) is 10.7. The zero-order valence-corrected chi connectivity index (χ0v) is 17.9. The molecule has 0 radical (unpaired) electrons.